The lowest BCUT2D eigenvalue weighted by Crippen LogP contribution is -2.27. The van der Waals surface area contributed by atoms with Crippen molar-refractivity contribution in [3.05, 3.63) is 35.6 Å². The van der Waals surface area contributed by atoms with Gasteiger partial charge in [0.2, 0.25) is 0 Å². The average Bonchev–Trinajstić information content (AvgIpc) is 2.37. The van der Waals surface area contributed by atoms with Gasteiger partial charge in [-0.1, -0.05) is 51.8 Å². The molecule has 0 aliphatic heterocycles. The number of nitrogens with one attached hydrogen (secondary N) is 1. The molecule has 0 heterocycles. The van der Waals surface area contributed by atoms with Gasteiger partial charge in [0.1, 0.15) is 5.82 Å². The van der Waals surface area contributed by atoms with Gasteiger partial charge < -0.3 is 5.32 Å². The normalized spacial score (nSPS) is 12.9. The van der Waals surface area contributed by atoms with Crippen molar-refractivity contribution in [3.63, 3.8) is 0 Å². The third-order valence-electron chi connectivity index (χ3n) is 3.42. The second kappa shape index (κ2) is 9.08. The Morgan fingerprint density at radius 2 is 1.89 bits per heavy atom. The largest absolute Gasteiger partial charge is 0.316 e. The number of hydrogen-bond acceptors (Lipinski definition) is 1. The summed E-state index contributed by atoms with van der Waals surface area (Å²) < 4.78 is 13.7. The van der Waals surface area contributed by atoms with E-state index < -0.39 is 0 Å². The molecule has 0 saturated carbocycles. The van der Waals surface area contributed by atoms with Crippen molar-refractivity contribution < 1.29 is 4.39 Å². The van der Waals surface area contributed by atoms with Gasteiger partial charge in [-0.2, -0.15) is 0 Å². The molecule has 1 nitrogen and oxygen atoms in total. The van der Waals surface area contributed by atoms with Crippen LogP contribution in [0.1, 0.15) is 45.6 Å². The second-order valence-electron chi connectivity index (χ2n) is 5.86. The minimum absolute atomic E-state index is 0.0622. The van der Waals surface area contributed by atoms with Crippen LogP contribution in [0.2, 0.25) is 0 Å². The van der Waals surface area contributed by atoms with Crippen LogP contribution >= 0.6 is 0 Å². The molecule has 1 aromatic carbocycles. The summed E-state index contributed by atoms with van der Waals surface area (Å²) >= 11 is 0. The first-order valence-electron chi connectivity index (χ1n) is 7.57. The lowest BCUT2D eigenvalue weighted by molar-refractivity contribution is 0.408. The van der Waals surface area contributed by atoms with E-state index in [1.165, 1.54) is 19.3 Å². The Labute approximate surface area is 117 Å². The quantitative estimate of drug-likeness (QED) is 0.697. The lowest BCUT2D eigenvalue weighted by atomic mass is 9.93. The predicted octanol–water partition coefficient (Wildman–Crippen LogP) is 4.42. The van der Waals surface area contributed by atoms with Crippen molar-refractivity contribution in [2.24, 2.45) is 11.8 Å². The smallest absolute Gasteiger partial charge is 0.126 e. The molecule has 2 heteroatoms. The SMILES string of the molecule is CCCCC(CNCC(C)C)Cc1ccccc1F. The van der Waals surface area contributed by atoms with Crippen LogP contribution < -0.4 is 5.32 Å². The van der Waals surface area contributed by atoms with Gasteiger partial charge in [-0.25, -0.2) is 4.39 Å². The first-order chi connectivity index (χ1) is 9.13. The molecule has 0 radical (unpaired) electrons. The van der Waals surface area contributed by atoms with E-state index in [0.29, 0.717) is 11.8 Å². The van der Waals surface area contributed by atoms with Crippen molar-refractivity contribution in [2.75, 3.05) is 13.1 Å². The van der Waals surface area contributed by atoms with E-state index in [4.69, 9.17) is 0 Å². The Bertz CT molecular complexity index is 349. The van der Waals surface area contributed by atoms with Crippen molar-refractivity contribution in [2.45, 2.75) is 46.5 Å². The first-order valence-corrected chi connectivity index (χ1v) is 7.57. The van der Waals surface area contributed by atoms with Gasteiger partial charge in [0.25, 0.3) is 0 Å². The minimum atomic E-state index is -0.0622. The molecular weight excluding hydrogens is 237 g/mol. The highest BCUT2D eigenvalue weighted by Gasteiger charge is 2.12. The summed E-state index contributed by atoms with van der Waals surface area (Å²) in [5.41, 5.74) is 0.856. The molecule has 0 aliphatic carbocycles. The van der Waals surface area contributed by atoms with Gasteiger partial charge in [-0.15, -0.1) is 0 Å². The van der Waals surface area contributed by atoms with E-state index in [2.05, 4.69) is 26.1 Å². The molecule has 0 fully saturated rings. The molecule has 1 N–H and O–H groups in total. The summed E-state index contributed by atoms with van der Waals surface area (Å²) in [5.74, 6) is 1.14. The van der Waals surface area contributed by atoms with E-state index in [0.717, 1.165) is 25.1 Å². The van der Waals surface area contributed by atoms with Crippen LogP contribution in [0.25, 0.3) is 0 Å². The molecule has 1 unspecified atom stereocenters. The molecule has 108 valence electrons. The third kappa shape index (κ3) is 6.72. The fourth-order valence-corrected chi connectivity index (χ4v) is 2.32. The Morgan fingerprint density at radius 3 is 2.53 bits per heavy atom. The maximum Gasteiger partial charge on any atom is 0.126 e. The average molecular weight is 265 g/mol. The number of hydrogen-bond donors (Lipinski definition) is 1. The first kappa shape index (κ1) is 16.2. The Hall–Kier alpha value is -0.890. The van der Waals surface area contributed by atoms with Crippen LogP contribution in [0.5, 0.6) is 0 Å². The van der Waals surface area contributed by atoms with Crippen LogP contribution in [-0.4, -0.2) is 13.1 Å². The lowest BCUT2D eigenvalue weighted by Gasteiger charge is -2.18. The van der Waals surface area contributed by atoms with Gasteiger partial charge in [0.05, 0.1) is 0 Å². The fraction of sp³-hybridized carbons (Fsp3) is 0.647. The zero-order valence-electron chi connectivity index (χ0n) is 12.6. The van der Waals surface area contributed by atoms with Crippen LogP contribution in [0, 0.1) is 17.7 Å². The number of benzene rings is 1. The Balaban J connectivity index is 2.51. The summed E-state index contributed by atoms with van der Waals surface area (Å²) in [6.07, 6.45) is 4.45. The van der Waals surface area contributed by atoms with Gasteiger partial charge >= 0.3 is 0 Å². The fourth-order valence-electron chi connectivity index (χ4n) is 2.32. The molecule has 0 saturated heterocycles. The molecule has 1 aromatic rings. The summed E-state index contributed by atoms with van der Waals surface area (Å²) in [7, 11) is 0. The molecule has 0 bridgehead atoms. The third-order valence-corrected chi connectivity index (χ3v) is 3.42. The van der Waals surface area contributed by atoms with Crippen LogP contribution in [0.4, 0.5) is 4.39 Å². The van der Waals surface area contributed by atoms with Crippen LogP contribution in [0.3, 0.4) is 0 Å². The standard InChI is InChI=1S/C17H28FN/c1-4-5-8-15(13-19-12-14(2)3)11-16-9-6-7-10-17(16)18/h6-7,9-10,14-15,19H,4-5,8,11-13H2,1-3H3. The van der Waals surface area contributed by atoms with Gasteiger partial charge in [0, 0.05) is 0 Å². The zero-order valence-corrected chi connectivity index (χ0v) is 12.6. The van der Waals surface area contributed by atoms with E-state index in [-0.39, 0.29) is 5.82 Å². The van der Waals surface area contributed by atoms with Crippen LogP contribution in [0.15, 0.2) is 24.3 Å². The molecule has 0 aromatic heterocycles. The summed E-state index contributed by atoms with van der Waals surface area (Å²) in [6, 6.07) is 7.16. The second-order valence-corrected chi connectivity index (χ2v) is 5.86. The monoisotopic (exact) mass is 265 g/mol. The minimum Gasteiger partial charge on any atom is -0.316 e. The van der Waals surface area contributed by atoms with Gasteiger partial charge in [-0.3, -0.25) is 0 Å². The molecule has 0 spiro atoms. The Kier molecular flexibility index (Phi) is 7.73. The zero-order chi connectivity index (χ0) is 14.1. The van der Waals surface area contributed by atoms with Gasteiger partial charge in [0.15, 0.2) is 0 Å². The summed E-state index contributed by atoms with van der Waals surface area (Å²) in [6.45, 7) is 8.67. The molecule has 0 amide bonds. The van der Waals surface area contributed by atoms with Crippen molar-refractivity contribution in [3.8, 4) is 0 Å². The van der Waals surface area contributed by atoms with Crippen molar-refractivity contribution in [1.82, 2.24) is 5.32 Å². The van der Waals surface area contributed by atoms with E-state index in [9.17, 15) is 4.39 Å². The molecule has 0 aliphatic rings. The number of unbranched alkanes of at least 4 members (excludes halogenated alkanes) is 1. The summed E-state index contributed by atoms with van der Waals surface area (Å²) in [5, 5.41) is 3.51. The molecule has 1 atom stereocenters. The predicted molar refractivity (Wildman–Crippen MR) is 80.8 cm³/mol. The van der Waals surface area contributed by atoms with Crippen molar-refractivity contribution >= 4 is 0 Å². The highest BCUT2D eigenvalue weighted by molar-refractivity contribution is 5.17. The maximum absolute atomic E-state index is 13.7. The van der Waals surface area contributed by atoms with Crippen LogP contribution in [-0.2, 0) is 6.42 Å². The van der Waals surface area contributed by atoms with E-state index in [1.54, 1.807) is 12.1 Å². The molecular formula is C17H28FN. The Morgan fingerprint density at radius 1 is 1.16 bits per heavy atom. The number of rotatable bonds is 9. The van der Waals surface area contributed by atoms with Crippen molar-refractivity contribution in [1.29, 1.82) is 0 Å². The number of halogens is 1. The van der Waals surface area contributed by atoms with E-state index >= 15 is 0 Å². The van der Waals surface area contributed by atoms with Gasteiger partial charge in [-0.05, 0) is 49.4 Å². The van der Waals surface area contributed by atoms with E-state index in [1.807, 2.05) is 12.1 Å². The highest BCUT2D eigenvalue weighted by Crippen LogP contribution is 2.17. The topological polar surface area (TPSA) is 12.0 Å². The molecule has 1 rings (SSSR count). The molecule has 19 heavy (non-hydrogen) atoms. The highest BCUT2D eigenvalue weighted by atomic mass is 19.1. The summed E-state index contributed by atoms with van der Waals surface area (Å²) in [4.78, 5) is 0. The maximum atomic E-state index is 13.7.